The van der Waals surface area contributed by atoms with E-state index in [1.54, 1.807) is 31.2 Å². The number of carbonyl (C=O) groups excluding carboxylic acids is 1. The van der Waals surface area contributed by atoms with Gasteiger partial charge in [0.2, 0.25) is 17.3 Å². The Kier molecular flexibility index (Phi) is 3.58. The Morgan fingerprint density at radius 1 is 1.27 bits per heavy atom. The highest BCUT2D eigenvalue weighted by molar-refractivity contribution is 5.88. The highest BCUT2D eigenvalue weighted by Crippen LogP contribution is 2.22. The van der Waals surface area contributed by atoms with Gasteiger partial charge < -0.3 is 9.15 Å². The minimum Gasteiger partial charge on any atom is -0.464 e. The van der Waals surface area contributed by atoms with Gasteiger partial charge in [0.05, 0.1) is 23.1 Å². The summed E-state index contributed by atoms with van der Waals surface area (Å²) in [5.74, 6) is -1.02. The number of rotatable bonds is 3. The van der Waals surface area contributed by atoms with Gasteiger partial charge in [-0.15, -0.1) is 0 Å². The van der Waals surface area contributed by atoms with Crippen LogP contribution >= 0.6 is 0 Å². The second kappa shape index (κ2) is 5.55. The van der Waals surface area contributed by atoms with E-state index in [1.807, 2.05) is 0 Å². The molecule has 0 saturated carbocycles. The monoisotopic (exact) mass is 301 g/mol. The molecule has 1 unspecified atom stereocenters. The van der Waals surface area contributed by atoms with Crippen LogP contribution in [0.4, 0.5) is 4.39 Å². The number of pyridine rings is 1. The maximum atomic E-state index is 14.0. The number of hydrogen-bond acceptors (Lipinski definition) is 5. The molecule has 0 amide bonds. The fourth-order valence-corrected chi connectivity index (χ4v) is 2.18. The number of nitrogens with zero attached hydrogens (tertiary/aromatic N) is 1. The Morgan fingerprint density at radius 2 is 2.05 bits per heavy atom. The lowest BCUT2D eigenvalue weighted by Gasteiger charge is -2.07. The van der Waals surface area contributed by atoms with Crippen molar-refractivity contribution in [3.8, 4) is 0 Å². The van der Waals surface area contributed by atoms with Crippen LogP contribution in [0.5, 0.6) is 0 Å². The molecule has 2 aromatic heterocycles. The number of fused-ring (bicyclic) bond motifs is 2. The van der Waals surface area contributed by atoms with Crippen molar-refractivity contribution in [1.29, 1.82) is 0 Å². The minimum atomic E-state index is -2.01. The Bertz CT molecular complexity index is 919. The molecule has 0 radical (unpaired) electrons. The Labute approximate surface area is 124 Å². The lowest BCUT2D eigenvalue weighted by Crippen LogP contribution is -2.13. The van der Waals surface area contributed by atoms with Crippen molar-refractivity contribution in [2.75, 3.05) is 6.61 Å². The Hall–Kier alpha value is -2.76. The molecule has 5 nitrogen and oxygen atoms in total. The van der Waals surface area contributed by atoms with Crippen molar-refractivity contribution < 1.29 is 18.3 Å². The van der Waals surface area contributed by atoms with Crippen LogP contribution < -0.4 is 5.43 Å². The minimum absolute atomic E-state index is 0.00634. The van der Waals surface area contributed by atoms with E-state index >= 15 is 0 Å². The third-order valence-electron chi connectivity index (χ3n) is 3.22. The van der Waals surface area contributed by atoms with Crippen LogP contribution in [0.3, 0.4) is 0 Å². The molecule has 6 heteroatoms. The van der Waals surface area contributed by atoms with Crippen molar-refractivity contribution >= 4 is 28.0 Å². The van der Waals surface area contributed by atoms with Crippen molar-refractivity contribution in [2.24, 2.45) is 0 Å². The topological polar surface area (TPSA) is 69.4 Å². The predicted molar refractivity (Wildman–Crippen MR) is 78.3 cm³/mol. The number of aromatic nitrogens is 1. The van der Waals surface area contributed by atoms with E-state index in [2.05, 4.69) is 9.72 Å². The Balaban J connectivity index is 2.16. The van der Waals surface area contributed by atoms with E-state index in [0.29, 0.717) is 11.0 Å². The predicted octanol–water partition coefficient (Wildman–Crippen LogP) is 2.91. The first kappa shape index (κ1) is 14.2. The van der Waals surface area contributed by atoms with Gasteiger partial charge in [0.25, 0.3) is 0 Å². The van der Waals surface area contributed by atoms with Gasteiger partial charge in [0.1, 0.15) is 5.58 Å². The van der Waals surface area contributed by atoms with Crippen molar-refractivity contribution in [1.82, 2.24) is 4.98 Å². The lowest BCUT2D eigenvalue weighted by atomic mass is 10.1. The third-order valence-corrected chi connectivity index (χ3v) is 3.22. The summed E-state index contributed by atoms with van der Waals surface area (Å²) in [4.78, 5) is 27.7. The molecule has 0 bridgehead atoms. The van der Waals surface area contributed by atoms with Gasteiger partial charge in [-0.1, -0.05) is 12.1 Å². The summed E-state index contributed by atoms with van der Waals surface area (Å²) >= 11 is 0. The zero-order chi connectivity index (χ0) is 15.7. The average Bonchev–Trinajstić information content (AvgIpc) is 2.54. The highest BCUT2D eigenvalue weighted by Gasteiger charge is 2.23. The molecule has 112 valence electrons. The number of ether oxygens (including phenoxy) is 1. The normalized spacial score (nSPS) is 12.5. The highest BCUT2D eigenvalue weighted by atomic mass is 19.1. The summed E-state index contributed by atoms with van der Waals surface area (Å²) in [7, 11) is 0. The molecule has 0 aliphatic carbocycles. The first-order chi connectivity index (χ1) is 10.6. The number of para-hydroxylation sites is 1. The van der Waals surface area contributed by atoms with Gasteiger partial charge in [-0.05, 0) is 31.2 Å². The summed E-state index contributed by atoms with van der Waals surface area (Å²) in [5, 5.41) is 0.658. The molecule has 3 rings (SSSR count). The first-order valence-electron chi connectivity index (χ1n) is 6.75. The molecule has 2 heterocycles. The van der Waals surface area contributed by atoms with E-state index in [4.69, 9.17) is 4.42 Å². The molecule has 0 saturated heterocycles. The third kappa shape index (κ3) is 2.32. The van der Waals surface area contributed by atoms with Crippen LogP contribution in [0.2, 0.25) is 0 Å². The molecule has 0 fully saturated rings. The van der Waals surface area contributed by atoms with E-state index < -0.39 is 12.1 Å². The maximum Gasteiger partial charge on any atom is 0.347 e. The van der Waals surface area contributed by atoms with Gasteiger partial charge in [-0.25, -0.2) is 14.2 Å². The average molecular weight is 301 g/mol. The second-order valence-electron chi connectivity index (χ2n) is 4.63. The van der Waals surface area contributed by atoms with Gasteiger partial charge in [-0.2, -0.15) is 0 Å². The zero-order valence-corrected chi connectivity index (χ0v) is 11.7. The van der Waals surface area contributed by atoms with E-state index in [-0.39, 0.29) is 28.8 Å². The fraction of sp³-hybridized carbons (Fsp3) is 0.188. The smallest absolute Gasteiger partial charge is 0.347 e. The molecule has 22 heavy (non-hydrogen) atoms. The Morgan fingerprint density at radius 3 is 2.82 bits per heavy atom. The molecule has 0 spiro atoms. The number of hydrogen-bond donors (Lipinski definition) is 0. The van der Waals surface area contributed by atoms with Crippen LogP contribution in [0, 0.1) is 0 Å². The van der Waals surface area contributed by atoms with Crippen LogP contribution in [-0.2, 0) is 9.53 Å². The summed E-state index contributed by atoms with van der Waals surface area (Å²) in [6.45, 7) is 1.66. The standard InChI is InChI=1S/C16H12FNO4/c1-2-21-16(20)13(17)11-8-7-10-14(19)9-5-3-4-6-12(9)22-15(10)18-11/h3-8,13H,2H2,1H3. The molecule has 1 aromatic carbocycles. The SMILES string of the molecule is CCOC(=O)C(F)c1ccc2c(=O)c3ccccc3oc2n1. The number of alkyl halides is 1. The van der Waals surface area contributed by atoms with Crippen molar-refractivity contribution in [3.05, 3.63) is 52.3 Å². The number of carbonyl (C=O) groups is 1. The molecular weight excluding hydrogens is 289 g/mol. The van der Waals surface area contributed by atoms with E-state index in [9.17, 15) is 14.0 Å². The number of halogens is 1. The molecule has 0 aliphatic heterocycles. The summed E-state index contributed by atoms with van der Waals surface area (Å²) in [5.41, 5.74) is -0.0452. The largest absolute Gasteiger partial charge is 0.464 e. The molecule has 3 aromatic rings. The second-order valence-corrected chi connectivity index (χ2v) is 4.63. The number of esters is 1. The molecule has 1 atom stereocenters. The first-order valence-corrected chi connectivity index (χ1v) is 6.75. The van der Waals surface area contributed by atoms with Gasteiger partial charge in [0.15, 0.2) is 0 Å². The van der Waals surface area contributed by atoms with Gasteiger partial charge >= 0.3 is 5.97 Å². The zero-order valence-electron chi connectivity index (χ0n) is 11.7. The maximum absolute atomic E-state index is 14.0. The van der Waals surface area contributed by atoms with Crippen LogP contribution in [0.15, 0.2) is 45.6 Å². The van der Waals surface area contributed by atoms with Crippen LogP contribution in [0.1, 0.15) is 18.8 Å². The quantitative estimate of drug-likeness (QED) is 0.549. The van der Waals surface area contributed by atoms with Gasteiger partial charge in [0, 0.05) is 0 Å². The number of benzene rings is 1. The van der Waals surface area contributed by atoms with E-state index in [1.165, 1.54) is 12.1 Å². The van der Waals surface area contributed by atoms with Crippen molar-refractivity contribution in [2.45, 2.75) is 13.1 Å². The summed E-state index contributed by atoms with van der Waals surface area (Å²) in [6, 6.07) is 9.41. The van der Waals surface area contributed by atoms with E-state index in [0.717, 1.165) is 0 Å². The molecule has 0 aliphatic rings. The lowest BCUT2D eigenvalue weighted by molar-refractivity contribution is -0.149. The molecule has 0 N–H and O–H groups in total. The van der Waals surface area contributed by atoms with Crippen LogP contribution in [0.25, 0.3) is 22.1 Å². The van der Waals surface area contributed by atoms with Crippen molar-refractivity contribution in [3.63, 3.8) is 0 Å². The summed E-state index contributed by atoms with van der Waals surface area (Å²) < 4.78 is 24.1. The van der Waals surface area contributed by atoms with Gasteiger partial charge in [-0.3, -0.25) is 4.79 Å². The summed E-state index contributed by atoms with van der Waals surface area (Å²) in [6.07, 6.45) is -2.01. The molecular formula is C16H12FNO4. The fourth-order valence-electron chi connectivity index (χ4n) is 2.18. The van der Waals surface area contributed by atoms with Crippen LogP contribution in [-0.4, -0.2) is 17.6 Å².